The molecule has 2 aromatic heterocycles. The van der Waals surface area contributed by atoms with Gasteiger partial charge in [0.25, 0.3) is 5.91 Å². The van der Waals surface area contributed by atoms with Gasteiger partial charge in [-0.2, -0.15) is 0 Å². The number of carbonyl (C=O) groups excluding carboxylic acids is 1. The summed E-state index contributed by atoms with van der Waals surface area (Å²) in [6, 6.07) is 3.67. The summed E-state index contributed by atoms with van der Waals surface area (Å²) in [6.45, 7) is 10.6. The van der Waals surface area contributed by atoms with Gasteiger partial charge in [0.1, 0.15) is 5.65 Å². The molecular weight excluding hydrogens is 250 g/mol. The Hall–Kier alpha value is -1.84. The number of fused-ring (bicyclic) bond motifs is 1. The largest absolute Gasteiger partial charge is 0.347 e. The zero-order valence-corrected chi connectivity index (χ0v) is 12.9. The molecule has 108 valence electrons. The second-order valence-corrected chi connectivity index (χ2v) is 7.16. The van der Waals surface area contributed by atoms with Crippen molar-refractivity contribution < 1.29 is 4.79 Å². The highest BCUT2D eigenvalue weighted by atomic mass is 16.1. The van der Waals surface area contributed by atoms with Gasteiger partial charge in [0.15, 0.2) is 0 Å². The fraction of sp³-hybridized carbons (Fsp3) is 0.500. The van der Waals surface area contributed by atoms with Crippen molar-refractivity contribution >= 4 is 11.6 Å². The van der Waals surface area contributed by atoms with Gasteiger partial charge in [-0.15, -0.1) is 0 Å². The molecular formula is C16H23N3O. The van der Waals surface area contributed by atoms with E-state index in [1.807, 2.05) is 28.9 Å². The van der Waals surface area contributed by atoms with E-state index in [0.717, 1.165) is 6.42 Å². The van der Waals surface area contributed by atoms with Gasteiger partial charge < -0.3 is 9.72 Å². The highest BCUT2D eigenvalue weighted by Gasteiger charge is 2.28. The molecule has 0 aliphatic heterocycles. The average Bonchev–Trinajstić information content (AvgIpc) is 2.71. The Morgan fingerprint density at radius 1 is 1.25 bits per heavy atom. The van der Waals surface area contributed by atoms with E-state index < -0.39 is 0 Å². The van der Waals surface area contributed by atoms with Crippen molar-refractivity contribution in [2.45, 2.75) is 46.6 Å². The van der Waals surface area contributed by atoms with E-state index in [1.54, 1.807) is 6.20 Å². The van der Waals surface area contributed by atoms with E-state index in [4.69, 9.17) is 0 Å². The first-order chi connectivity index (χ1) is 9.18. The highest BCUT2D eigenvalue weighted by molar-refractivity contribution is 6.00. The van der Waals surface area contributed by atoms with Crippen molar-refractivity contribution in [1.82, 2.24) is 14.7 Å². The van der Waals surface area contributed by atoms with Gasteiger partial charge in [0.2, 0.25) is 0 Å². The number of imidazole rings is 1. The average molecular weight is 273 g/mol. The number of carbonyl (C=O) groups is 1. The van der Waals surface area contributed by atoms with Gasteiger partial charge in [-0.05, 0) is 37.8 Å². The Kier molecular flexibility index (Phi) is 3.59. The molecule has 0 aliphatic rings. The van der Waals surface area contributed by atoms with Crippen LogP contribution in [0.25, 0.3) is 5.65 Å². The van der Waals surface area contributed by atoms with Crippen LogP contribution in [0.2, 0.25) is 0 Å². The standard InChI is InChI=1S/C16H23N3O/c1-15(2,3)11-16(4,5)18-14(20)12-7-6-9-19-10-8-17-13(12)19/h6-10H,11H2,1-5H3,(H,18,20). The minimum absolute atomic E-state index is 0.0731. The SMILES string of the molecule is CC(C)(C)CC(C)(C)NC(=O)c1cccn2ccnc12. The molecule has 0 fully saturated rings. The quantitative estimate of drug-likeness (QED) is 0.933. The molecule has 0 unspecified atom stereocenters. The van der Waals surface area contributed by atoms with Gasteiger partial charge in [0, 0.05) is 24.1 Å². The van der Waals surface area contributed by atoms with Crippen LogP contribution in [0.5, 0.6) is 0 Å². The smallest absolute Gasteiger partial charge is 0.255 e. The summed E-state index contributed by atoms with van der Waals surface area (Å²) in [5, 5.41) is 3.12. The second-order valence-electron chi connectivity index (χ2n) is 7.16. The van der Waals surface area contributed by atoms with Crippen molar-refractivity contribution in [3.63, 3.8) is 0 Å². The van der Waals surface area contributed by atoms with Gasteiger partial charge in [-0.25, -0.2) is 4.98 Å². The molecule has 1 N–H and O–H groups in total. The van der Waals surface area contributed by atoms with Gasteiger partial charge >= 0.3 is 0 Å². The summed E-state index contributed by atoms with van der Waals surface area (Å²) in [7, 11) is 0. The summed E-state index contributed by atoms with van der Waals surface area (Å²) >= 11 is 0. The normalized spacial score (nSPS) is 12.7. The lowest BCUT2D eigenvalue weighted by molar-refractivity contribution is 0.0892. The van der Waals surface area contributed by atoms with Crippen LogP contribution < -0.4 is 5.32 Å². The van der Waals surface area contributed by atoms with E-state index in [-0.39, 0.29) is 16.9 Å². The van der Waals surface area contributed by atoms with Crippen LogP contribution in [0.4, 0.5) is 0 Å². The summed E-state index contributed by atoms with van der Waals surface area (Å²) in [5.41, 5.74) is 1.21. The van der Waals surface area contributed by atoms with Crippen LogP contribution >= 0.6 is 0 Å². The zero-order valence-electron chi connectivity index (χ0n) is 12.9. The molecule has 0 saturated carbocycles. The maximum atomic E-state index is 12.5. The van der Waals surface area contributed by atoms with Crippen molar-refractivity contribution in [2.24, 2.45) is 5.41 Å². The van der Waals surface area contributed by atoms with Gasteiger partial charge in [-0.1, -0.05) is 20.8 Å². The van der Waals surface area contributed by atoms with Crippen LogP contribution in [0.15, 0.2) is 30.7 Å². The molecule has 0 bridgehead atoms. The maximum Gasteiger partial charge on any atom is 0.255 e. The van der Waals surface area contributed by atoms with Crippen LogP contribution in [0.3, 0.4) is 0 Å². The predicted molar refractivity (Wildman–Crippen MR) is 80.8 cm³/mol. The van der Waals surface area contributed by atoms with E-state index in [1.165, 1.54) is 0 Å². The molecule has 2 aromatic rings. The van der Waals surface area contributed by atoms with Crippen LogP contribution in [-0.4, -0.2) is 20.8 Å². The molecule has 4 nitrogen and oxygen atoms in total. The minimum Gasteiger partial charge on any atom is -0.347 e. The van der Waals surface area contributed by atoms with Crippen molar-refractivity contribution in [3.8, 4) is 0 Å². The molecule has 0 aromatic carbocycles. The molecule has 0 atom stereocenters. The summed E-state index contributed by atoms with van der Waals surface area (Å²) < 4.78 is 1.85. The van der Waals surface area contributed by atoms with Crippen LogP contribution in [-0.2, 0) is 0 Å². The Morgan fingerprint density at radius 2 is 1.95 bits per heavy atom. The summed E-state index contributed by atoms with van der Waals surface area (Å²) in [4.78, 5) is 16.7. The number of nitrogens with one attached hydrogen (secondary N) is 1. The Morgan fingerprint density at radius 3 is 2.60 bits per heavy atom. The molecule has 0 saturated heterocycles. The third-order valence-corrected chi connectivity index (χ3v) is 3.09. The molecule has 20 heavy (non-hydrogen) atoms. The fourth-order valence-electron chi connectivity index (χ4n) is 2.87. The third kappa shape index (κ3) is 3.38. The minimum atomic E-state index is -0.255. The number of nitrogens with zero attached hydrogens (tertiary/aromatic N) is 2. The first kappa shape index (κ1) is 14.6. The van der Waals surface area contributed by atoms with E-state index in [0.29, 0.717) is 11.2 Å². The lowest BCUT2D eigenvalue weighted by atomic mass is 9.81. The Bertz CT molecular complexity index is 620. The number of hydrogen-bond donors (Lipinski definition) is 1. The zero-order chi connectivity index (χ0) is 15.0. The number of rotatable bonds is 3. The molecule has 1 amide bonds. The predicted octanol–water partition coefficient (Wildman–Crippen LogP) is 3.28. The van der Waals surface area contributed by atoms with E-state index >= 15 is 0 Å². The molecule has 2 heterocycles. The van der Waals surface area contributed by atoms with Crippen molar-refractivity contribution in [1.29, 1.82) is 0 Å². The Balaban J connectivity index is 2.22. The molecule has 0 radical (unpaired) electrons. The van der Waals surface area contributed by atoms with Gasteiger partial charge in [0.05, 0.1) is 5.56 Å². The molecule has 4 heteroatoms. The van der Waals surface area contributed by atoms with E-state index in [2.05, 4.69) is 44.9 Å². The first-order valence-electron chi connectivity index (χ1n) is 6.92. The Labute approximate surface area is 120 Å². The van der Waals surface area contributed by atoms with Crippen LogP contribution in [0, 0.1) is 5.41 Å². The second kappa shape index (κ2) is 4.93. The molecule has 0 spiro atoms. The monoisotopic (exact) mass is 273 g/mol. The number of pyridine rings is 1. The molecule has 0 aliphatic carbocycles. The van der Waals surface area contributed by atoms with Crippen LogP contribution in [0.1, 0.15) is 51.4 Å². The first-order valence-corrected chi connectivity index (χ1v) is 6.92. The molecule has 2 rings (SSSR count). The van der Waals surface area contributed by atoms with Crippen molar-refractivity contribution in [2.75, 3.05) is 0 Å². The number of amides is 1. The van der Waals surface area contributed by atoms with E-state index in [9.17, 15) is 4.79 Å². The number of hydrogen-bond acceptors (Lipinski definition) is 2. The third-order valence-electron chi connectivity index (χ3n) is 3.09. The lowest BCUT2D eigenvalue weighted by Gasteiger charge is -2.33. The highest BCUT2D eigenvalue weighted by Crippen LogP contribution is 2.27. The fourth-order valence-corrected chi connectivity index (χ4v) is 2.87. The topological polar surface area (TPSA) is 46.4 Å². The maximum absolute atomic E-state index is 12.5. The number of aromatic nitrogens is 2. The van der Waals surface area contributed by atoms with Gasteiger partial charge in [-0.3, -0.25) is 4.79 Å². The van der Waals surface area contributed by atoms with Crippen molar-refractivity contribution in [3.05, 3.63) is 36.3 Å². The summed E-state index contributed by atoms with van der Waals surface area (Å²) in [5.74, 6) is -0.0731. The summed E-state index contributed by atoms with van der Waals surface area (Å²) in [6.07, 6.45) is 6.33. The lowest BCUT2D eigenvalue weighted by Crippen LogP contribution is -2.45.